The van der Waals surface area contributed by atoms with Crippen molar-refractivity contribution in [3.63, 3.8) is 0 Å². The molecule has 0 unspecified atom stereocenters. The molecule has 1 saturated carbocycles. The highest BCUT2D eigenvalue weighted by Crippen LogP contribution is 2.53. The van der Waals surface area contributed by atoms with Crippen molar-refractivity contribution < 1.29 is 18.3 Å². The molecular weight excluding hydrogens is 276 g/mol. The summed E-state index contributed by atoms with van der Waals surface area (Å²) >= 11 is 0. The van der Waals surface area contributed by atoms with Gasteiger partial charge in [-0.1, -0.05) is 39.0 Å². The van der Waals surface area contributed by atoms with Gasteiger partial charge in [-0.3, -0.25) is 4.79 Å². The molecule has 4 nitrogen and oxygen atoms in total. The van der Waals surface area contributed by atoms with E-state index in [-0.39, 0.29) is 29.1 Å². The number of carbonyl (C=O) groups is 1. The third-order valence-corrected chi connectivity index (χ3v) is 6.76. The molecule has 110 valence electrons. The first-order chi connectivity index (χ1) is 9.11. The lowest BCUT2D eigenvalue weighted by Crippen LogP contribution is -2.58. The first-order valence-corrected chi connectivity index (χ1v) is 8.13. The molecule has 0 aromatic heterocycles. The average molecular weight is 296 g/mol. The molecule has 0 bridgehead atoms. The van der Waals surface area contributed by atoms with E-state index >= 15 is 0 Å². The number of hydrogen-bond acceptors (Lipinski definition) is 3. The van der Waals surface area contributed by atoms with Crippen molar-refractivity contribution in [3.8, 4) is 0 Å². The zero-order valence-electron chi connectivity index (χ0n) is 12.0. The van der Waals surface area contributed by atoms with Crippen LogP contribution >= 0.6 is 0 Å². The number of carboxylic acid groups (broad SMARTS) is 1. The SMILES string of the molecule is CC(C)(C)C1CC(C(=O)O)(S(=O)(=O)c2ccccc2)C1. The Hall–Kier alpha value is -1.36. The fourth-order valence-electron chi connectivity index (χ4n) is 2.68. The van der Waals surface area contributed by atoms with Crippen LogP contribution in [0.5, 0.6) is 0 Å². The molecule has 0 radical (unpaired) electrons. The average Bonchev–Trinajstić information content (AvgIpc) is 2.25. The van der Waals surface area contributed by atoms with Gasteiger partial charge in [0.1, 0.15) is 0 Å². The Balaban J connectivity index is 2.41. The molecule has 0 amide bonds. The molecule has 1 fully saturated rings. The highest BCUT2D eigenvalue weighted by molar-refractivity contribution is 7.93. The number of hydrogen-bond donors (Lipinski definition) is 1. The predicted molar refractivity (Wildman–Crippen MR) is 76.2 cm³/mol. The molecule has 1 aromatic carbocycles. The van der Waals surface area contributed by atoms with Crippen molar-refractivity contribution in [2.75, 3.05) is 0 Å². The van der Waals surface area contributed by atoms with Crippen molar-refractivity contribution in [1.29, 1.82) is 0 Å². The first-order valence-electron chi connectivity index (χ1n) is 6.64. The van der Waals surface area contributed by atoms with Crippen molar-refractivity contribution in [1.82, 2.24) is 0 Å². The Labute approximate surface area is 119 Å². The number of sulfone groups is 1. The standard InChI is InChI=1S/C15H20O4S/c1-14(2,3)11-9-15(10-11,13(16)17)20(18,19)12-7-5-4-6-8-12/h4-8,11H,9-10H2,1-3H3,(H,16,17). The van der Waals surface area contributed by atoms with E-state index in [0.29, 0.717) is 0 Å². The smallest absolute Gasteiger partial charge is 0.325 e. The lowest BCUT2D eigenvalue weighted by atomic mass is 9.62. The summed E-state index contributed by atoms with van der Waals surface area (Å²) < 4.78 is 23.7. The lowest BCUT2D eigenvalue weighted by Gasteiger charge is -2.49. The van der Waals surface area contributed by atoms with E-state index in [0.717, 1.165) is 0 Å². The van der Waals surface area contributed by atoms with Crippen LogP contribution in [0, 0.1) is 11.3 Å². The summed E-state index contributed by atoms with van der Waals surface area (Å²) in [7, 11) is -3.86. The fraction of sp³-hybridized carbons (Fsp3) is 0.533. The largest absolute Gasteiger partial charge is 0.480 e. The number of benzene rings is 1. The first kappa shape index (κ1) is 15.0. The minimum absolute atomic E-state index is 0.0782. The van der Waals surface area contributed by atoms with Gasteiger partial charge in [-0.2, -0.15) is 0 Å². The Morgan fingerprint density at radius 2 is 1.70 bits per heavy atom. The summed E-state index contributed by atoms with van der Waals surface area (Å²) in [5, 5.41) is 9.49. The van der Waals surface area contributed by atoms with Gasteiger partial charge in [0, 0.05) is 0 Å². The van der Waals surface area contributed by atoms with E-state index < -0.39 is 20.6 Å². The summed E-state index contributed by atoms with van der Waals surface area (Å²) in [5.74, 6) is -1.13. The van der Waals surface area contributed by atoms with Crippen molar-refractivity contribution in [2.24, 2.45) is 11.3 Å². The van der Waals surface area contributed by atoms with Gasteiger partial charge in [-0.25, -0.2) is 8.42 Å². The van der Waals surface area contributed by atoms with Gasteiger partial charge < -0.3 is 5.11 Å². The van der Waals surface area contributed by atoms with Gasteiger partial charge in [-0.05, 0) is 36.3 Å². The topological polar surface area (TPSA) is 71.4 Å². The quantitative estimate of drug-likeness (QED) is 0.931. The van der Waals surface area contributed by atoms with E-state index in [1.165, 1.54) is 12.1 Å². The molecule has 0 aliphatic heterocycles. The monoisotopic (exact) mass is 296 g/mol. The normalized spacial score (nSPS) is 26.9. The second-order valence-corrected chi connectivity index (χ2v) is 8.85. The molecule has 0 heterocycles. The maximum absolute atomic E-state index is 12.7. The zero-order chi connectivity index (χ0) is 15.2. The van der Waals surface area contributed by atoms with Crippen LogP contribution in [0.25, 0.3) is 0 Å². The molecule has 1 aliphatic rings. The maximum atomic E-state index is 12.7. The van der Waals surface area contributed by atoms with Crippen LogP contribution < -0.4 is 0 Å². The van der Waals surface area contributed by atoms with Gasteiger partial charge in [0.2, 0.25) is 0 Å². The fourth-order valence-corrected chi connectivity index (χ4v) is 4.72. The van der Waals surface area contributed by atoms with E-state index in [4.69, 9.17) is 0 Å². The van der Waals surface area contributed by atoms with Crippen molar-refractivity contribution >= 4 is 15.8 Å². The maximum Gasteiger partial charge on any atom is 0.325 e. The minimum atomic E-state index is -3.86. The number of rotatable bonds is 3. The number of carboxylic acids is 1. The second kappa shape index (κ2) is 4.58. The van der Waals surface area contributed by atoms with E-state index in [1.807, 2.05) is 20.8 Å². The molecule has 1 aromatic rings. The van der Waals surface area contributed by atoms with Crippen LogP contribution in [0.4, 0.5) is 0 Å². The van der Waals surface area contributed by atoms with Gasteiger partial charge in [0.25, 0.3) is 0 Å². The number of aliphatic carboxylic acids is 1. The Kier molecular flexibility index (Phi) is 3.45. The summed E-state index contributed by atoms with van der Waals surface area (Å²) in [6, 6.07) is 7.87. The zero-order valence-corrected chi connectivity index (χ0v) is 12.8. The third-order valence-electron chi connectivity index (χ3n) is 4.33. The highest BCUT2D eigenvalue weighted by atomic mass is 32.2. The lowest BCUT2D eigenvalue weighted by molar-refractivity contribution is -0.145. The Morgan fingerprint density at radius 1 is 1.20 bits per heavy atom. The van der Waals surface area contributed by atoms with Gasteiger partial charge in [0.15, 0.2) is 14.6 Å². The molecule has 0 atom stereocenters. The second-order valence-electron chi connectivity index (χ2n) is 6.59. The van der Waals surface area contributed by atoms with Crippen LogP contribution in [0.15, 0.2) is 35.2 Å². The Morgan fingerprint density at radius 3 is 2.10 bits per heavy atom. The van der Waals surface area contributed by atoms with Gasteiger partial charge in [0.05, 0.1) is 4.90 Å². The van der Waals surface area contributed by atoms with Crippen molar-refractivity contribution in [3.05, 3.63) is 30.3 Å². The predicted octanol–water partition coefficient (Wildman–Crippen LogP) is 2.74. The van der Waals surface area contributed by atoms with Gasteiger partial charge in [-0.15, -0.1) is 0 Å². The molecule has 2 rings (SSSR count). The summed E-state index contributed by atoms with van der Waals surface area (Å²) in [6.07, 6.45) is 0.367. The molecule has 0 saturated heterocycles. The highest BCUT2D eigenvalue weighted by Gasteiger charge is 2.62. The van der Waals surface area contributed by atoms with Crippen LogP contribution in [-0.4, -0.2) is 24.2 Å². The van der Waals surface area contributed by atoms with E-state index in [9.17, 15) is 18.3 Å². The molecule has 1 N–H and O–H groups in total. The van der Waals surface area contributed by atoms with Crippen LogP contribution in [-0.2, 0) is 14.6 Å². The Bertz CT molecular complexity index is 605. The van der Waals surface area contributed by atoms with E-state index in [2.05, 4.69) is 0 Å². The molecule has 1 aliphatic carbocycles. The van der Waals surface area contributed by atoms with Crippen LogP contribution in [0.2, 0.25) is 0 Å². The summed E-state index contributed by atoms with van der Waals surface area (Å²) in [6.45, 7) is 6.04. The summed E-state index contributed by atoms with van der Waals surface area (Å²) in [4.78, 5) is 11.7. The summed E-state index contributed by atoms with van der Waals surface area (Å²) in [5.41, 5.74) is -0.0782. The third kappa shape index (κ3) is 2.14. The van der Waals surface area contributed by atoms with Crippen LogP contribution in [0.1, 0.15) is 33.6 Å². The van der Waals surface area contributed by atoms with Crippen LogP contribution in [0.3, 0.4) is 0 Å². The molecule has 5 heteroatoms. The molecule has 20 heavy (non-hydrogen) atoms. The molecule has 0 spiro atoms. The van der Waals surface area contributed by atoms with E-state index in [1.54, 1.807) is 18.2 Å². The van der Waals surface area contributed by atoms with Gasteiger partial charge >= 0.3 is 5.97 Å². The minimum Gasteiger partial charge on any atom is -0.480 e. The van der Waals surface area contributed by atoms with Crippen molar-refractivity contribution in [2.45, 2.75) is 43.3 Å². The molecular formula is C15H20O4S.